The van der Waals surface area contributed by atoms with Gasteiger partial charge in [0, 0.05) is 36.1 Å². The first-order valence-electron chi connectivity index (χ1n) is 7.77. The molecule has 28 heavy (non-hydrogen) atoms. The second kappa shape index (κ2) is 7.70. The number of benzene rings is 1. The number of hydrogen-bond acceptors (Lipinski definition) is 9. The van der Waals surface area contributed by atoms with Gasteiger partial charge in [-0.3, -0.25) is 19.7 Å². The lowest BCUT2D eigenvalue weighted by molar-refractivity contribution is -0.384. The monoisotopic (exact) mass is 389 g/mol. The molecule has 0 spiro atoms. The summed E-state index contributed by atoms with van der Waals surface area (Å²) in [7, 11) is 0. The zero-order chi connectivity index (χ0) is 21.2. The quantitative estimate of drug-likeness (QED) is 0.170. The first-order valence-corrected chi connectivity index (χ1v) is 7.77. The van der Waals surface area contributed by atoms with E-state index in [0.717, 1.165) is 19.1 Å². The molecule has 1 aromatic carbocycles. The van der Waals surface area contributed by atoms with E-state index in [2.05, 4.69) is 15.4 Å². The number of rotatable bonds is 5. The molecule has 0 radical (unpaired) electrons. The molecule has 1 aliphatic heterocycles. The van der Waals surface area contributed by atoms with Crippen molar-refractivity contribution in [2.24, 2.45) is 0 Å². The summed E-state index contributed by atoms with van der Waals surface area (Å²) in [6, 6.07) is 3.61. The average molecular weight is 389 g/mol. The third-order valence-corrected chi connectivity index (χ3v) is 3.58. The molecule has 1 heterocycles. The van der Waals surface area contributed by atoms with Gasteiger partial charge in [-0.15, -0.1) is 0 Å². The maximum Gasteiger partial charge on any atom is 0.353 e. The summed E-state index contributed by atoms with van der Waals surface area (Å²) in [6.07, 6.45) is 0. The number of nitrogens with one attached hydrogen (secondary N) is 2. The molecule has 0 bridgehead atoms. The number of aliphatic hydroxyl groups is 1. The van der Waals surface area contributed by atoms with Crippen LogP contribution in [0, 0.1) is 10.1 Å². The Morgan fingerprint density at radius 2 is 1.61 bits per heavy atom. The Balaban J connectivity index is 2.54. The molecule has 1 aliphatic rings. The molecule has 0 unspecified atom stereocenters. The lowest BCUT2D eigenvalue weighted by Gasteiger charge is -2.18. The molecule has 3 N–H and O–H groups in total. The molecule has 0 aliphatic carbocycles. The van der Waals surface area contributed by atoms with Crippen molar-refractivity contribution < 1.29 is 33.9 Å². The number of nitrogens with zero attached hydrogens (tertiary/aromatic N) is 1. The Kier molecular flexibility index (Phi) is 5.58. The number of anilines is 2. The number of carbonyl (C=O) groups excluding carboxylic acids is 4. The topological polar surface area (TPSA) is 165 Å². The van der Waals surface area contributed by atoms with Crippen LogP contribution in [0.2, 0.25) is 0 Å². The van der Waals surface area contributed by atoms with Crippen molar-refractivity contribution in [1.29, 1.82) is 0 Å². The van der Waals surface area contributed by atoms with Gasteiger partial charge in [0.15, 0.2) is 5.78 Å². The fourth-order valence-electron chi connectivity index (χ4n) is 2.49. The number of aliphatic hydroxyl groups excluding tert-OH is 1. The van der Waals surface area contributed by atoms with E-state index in [9.17, 15) is 34.4 Å². The molecule has 2 rings (SSSR count). The number of ketones is 1. The van der Waals surface area contributed by atoms with E-state index in [1.165, 1.54) is 19.9 Å². The van der Waals surface area contributed by atoms with Gasteiger partial charge in [0.1, 0.15) is 16.9 Å². The van der Waals surface area contributed by atoms with Gasteiger partial charge in [-0.25, -0.2) is 9.59 Å². The number of amides is 1. The minimum atomic E-state index is -1.27. The number of nitro benzene ring substituents is 1. The number of nitro groups is 1. The number of non-ortho nitro benzene ring substituents is 1. The van der Waals surface area contributed by atoms with Crippen LogP contribution in [-0.2, 0) is 23.9 Å². The number of hydrogen-bond donors (Lipinski definition) is 3. The van der Waals surface area contributed by atoms with Crippen LogP contribution in [0.5, 0.6) is 0 Å². The number of carbonyl (C=O) groups is 4. The van der Waals surface area contributed by atoms with Crippen LogP contribution < -0.4 is 10.6 Å². The summed E-state index contributed by atoms with van der Waals surface area (Å²) in [6.45, 7) is 3.57. The highest BCUT2D eigenvalue weighted by molar-refractivity contribution is 6.23. The van der Waals surface area contributed by atoms with Gasteiger partial charge in [0.05, 0.1) is 4.92 Å². The van der Waals surface area contributed by atoms with Gasteiger partial charge in [-0.05, 0) is 19.9 Å². The van der Waals surface area contributed by atoms with Crippen molar-refractivity contribution in [2.45, 2.75) is 20.8 Å². The van der Waals surface area contributed by atoms with Gasteiger partial charge in [-0.2, -0.15) is 0 Å². The van der Waals surface area contributed by atoms with E-state index in [-0.39, 0.29) is 22.8 Å². The number of cyclic esters (lactones) is 2. The van der Waals surface area contributed by atoms with Crippen LogP contribution in [-0.4, -0.2) is 33.7 Å². The van der Waals surface area contributed by atoms with Crippen LogP contribution in [0.4, 0.5) is 17.1 Å². The maximum absolute atomic E-state index is 12.0. The predicted octanol–water partition coefficient (Wildman–Crippen LogP) is 1.72. The van der Waals surface area contributed by atoms with E-state index >= 15 is 0 Å². The zero-order valence-electron chi connectivity index (χ0n) is 15.0. The summed E-state index contributed by atoms with van der Waals surface area (Å²) in [5.74, 6) is -4.57. The summed E-state index contributed by atoms with van der Waals surface area (Å²) >= 11 is 0. The number of Topliss-reactive ketones (excluding diaryl/α,β-unsaturated/α-hetero) is 1. The highest BCUT2D eigenvalue weighted by Gasteiger charge is 2.36. The summed E-state index contributed by atoms with van der Waals surface area (Å²) < 4.78 is 4.46. The van der Waals surface area contributed by atoms with Crippen molar-refractivity contribution in [3.63, 3.8) is 0 Å². The van der Waals surface area contributed by atoms with Crippen molar-refractivity contribution >= 4 is 40.7 Å². The van der Waals surface area contributed by atoms with Crippen LogP contribution in [0.1, 0.15) is 20.8 Å². The Morgan fingerprint density at radius 3 is 2.11 bits per heavy atom. The van der Waals surface area contributed by atoms with Gasteiger partial charge in [0.25, 0.3) is 5.69 Å². The fourth-order valence-corrected chi connectivity index (χ4v) is 2.49. The highest BCUT2D eigenvalue weighted by Crippen LogP contribution is 2.29. The van der Waals surface area contributed by atoms with Crippen LogP contribution in [0.25, 0.3) is 0 Å². The minimum Gasteiger partial charge on any atom is -0.506 e. The molecule has 11 heteroatoms. The van der Waals surface area contributed by atoms with Gasteiger partial charge < -0.3 is 20.5 Å². The van der Waals surface area contributed by atoms with Gasteiger partial charge in [-0.1, -0.05) is 0 Å². The van der Waals surface area contributed by atoms with Crippen molar-refractivity contribution in [3.05, 3.63) is 50.9 Å². The third-order valence-electron chi connectivity index (χ3n) is 3.58. The highest BCUT2D eigenvalue weighted by atomic mass is 16.6. The Morgan fingerprint density at radius 1 is 1.04 bits per heavy atom. The predicted molar refractivity (Wildman–Crippen MR) is 95.2 cm³/mol. The van der Waals surface area contributed by atoms with Gasteiger partial charge >= 0.3 is 11.9 Å². The summed E-state index contributed by atoms with van der Waals surface area (Å²) in [4.78, 5) is 56.8. The van der Waals surface area contributed by atoms with Crippen LogP contribution >= 0.6 is 0 Å². The largest absolute Gasteiger partial charge is 0.506 e. The molecule has 11 nitrogen and oxygen atoms in total. The first kappa shape index (κ1) is 20.3. The second-order valence-corrected chi connectivity index (χ2v) is 5.79. The van der Waals surface area contributed by atoms with Crippen molar-refractivity contribution in [3.8, 4) is 0 Å². The molecule has 0 atom stereocenters. The molecular weight excluding hydrogens is 374 g/mol. The molecular formula is C17H15N3O8. The molecule has 0 aromatic heterocycles. The number of ether oxygens (including phenoxy) is 1. The lowest BCUT2D eigenvalue weighted by atomic mass is 10.0. The smallest absolute Gasteiger partial charge is 0.353 e. The number of allylic oxidation sites excluding steroid dienone is 1. The first-order chi connectivity index (χ1) is 13.0. The SMILES string of the molecule is CC(=O)Nc1cc(NC(C)=C2C(=O)OC(=O)C(C(C)=O)=C2O)cc([N+](=O)[O-])c1. The second-order valence-electron chi connectivity index (χ2n) is 5.79. The lowest BCUT2D eigenvalue weighted by Crippen LogP contribution is -2.29. The molecule has 0 saturated carbocycles. The Labute approximate surface area is 157 Å². The van der Waals surface area contributed by atoms with Crippen molar-refractivity contribution in [1.82, 2.24) is 0 Å². The molecule has 146 valence electrons. The molecule has 1 amide bonds. The van der Waals surface area contributed by atoms with Crippen molar-refractivity contribution in [2.75, 3.05) is 10.6 Å². The summed E-state index contributed by atoms with van der Waals surface area (Å²) in [5.41, 5.74) is -1.33. The average Bonchev–Trinajstić information content (AvgIpc) is 2.52. The maximum atomic E-state index is 12.0. The van der Waals surface area contributed by atoms with Gasteiger partial charge in [0.2, 0.25) is 5.91 Å². The fraction of sp³-hybridized carbons (Fsp3) is 0.176. The standard InChI is InChI=1S/C17H15N3O8/c1-7(13-15(23)14(8(2)21)17(25)28-16(13)24)18-10-4-11(19-9(3)22)6-12(5-10)20(26)27/h4-6,18,23H,1-3H3,(H,19,22). The van der Waals surface area contributed by atoms with E-state index in [4.69, 9.17) is 0 Å². The van der Waals surface area contributed by atoms with E-state index in [1.54, 1.807) is 0 Å². The minimum absolute atomic E-state index is 0.0389. The van der Waals surface area contributed by atoms with E-state index < -0.39 is 45.5 Å². The normalized spacial score (nSPS) is 15.7. The van der Waals surface area contributed by atoms with E-state index in [0.29, 0.717) is 0 Å². The number of esters is 2. The summed E-state index contributed by atoms with van der Waals surface area (Å²) in [5, 5.41) is 26.3. The molecule has 0 fully saturated rings. The zero-order valence-corrected chi connectivity index (χ0v) is 15.0. The van der Waals surface area contributed by atoms with Crippen LogP contribution in [0.15, 0.2) is 40.8 Å². The molecule has 1 aromatic rings. The Hall–Kier alpha value is -4.02. The van der Waals surface area contributed by atoms with E-state index in [1.807, 2.05) is 0 Å². The van der Waals surface area contributed by atoms with Crippen LogP contribution in [0.3, 0.4) is 0 Å². The third kappa shape index (κ3) is 4.20. The molecule has 0 saturated heterocycles. The Bertz CT molecular complexity index is 990.